The molecular weight excluding hydrogens is 164 g/mol. The van der Waals surface area contributed by atoms with E-state index in [1.165, 1.54) is 12.8 Å². The van der Waals surface area contributed by atoms with Crippen LogP contribution in [0.25, 0.3) is 0 Å². The van der Waals surface area contributed by atoms with Crippen molar-refractivity contribution in [3.63, 3.8) is 0 Å². The molecule has 2 nitrogen and oxygen atoms in total. The van der Waals surface area contributed by atoms with E-state index in [9.17, 15) is 5.11 Å². The first-order chi connectivity index (χ1) is 6.31. The lowest BCUT2D eigenvalue weighted by Gasteiger charge is -2.27. The van der Waals surface area contributed by atoms with Gasteiger partial charge in [0.15, 0.2) is 0 Å². The zero-order chi connectivity index (χ0) is 9.15. The van der Waals surface area contributed by atoms with Crippen molar-refractivity contribution >= 4 is 0 Å². The van der Waals surface area contributed by atoms with Crippen LogP contribution in [0.4, 0.5) is 0 Å². The molecule has 0 amide bonds. The van der Waals surface area contributed by atoms with E-state index < -0.39 is 5.60 Å². The molecule has 1 N–H and O–H groups in total. The second-order valence-corrected chi connectivity index (χ2v) is 4.15. The zero-order valence-electron chi connectivity index (χ0n) is 8.09. The number of hydrogen-bond donors (Lipinski definition) is 1. The maximum Gasteiger partial charge on any atom is 0.124 e. The van der Waals surface area contributed by atoms with Crippen LogP contribution < -0.4 is 0 Å². The number of rotatable bonds is 1. The third-order valence-corrected chi connectivity index (χ3v) is 3.09. The molecule has 1 aliphatic carbocycles. The smallest absolute Gasteiger partial charge is 0.124 e. The normalized spacial score (nSPS) is 27.6. The molecular formula is C11H18O2. The van der Waals surface area contributed by atoms with Gasteiger partial charge >= 0.3 is 0 Å². The molecule has 0 aromatic rings. The Kier molecular flexibility index (Phi) is 2.58. The molecule has 0 saturated heterocycles. The fourth-order valence-corrected chi connectivity index (χ4v) is 2.30. The van der Waals surface area contributed by atoms with E-state index in [0.717, 1.165) is 44.5 Å². The van der Waals surface area contributed by atoms with E-state index in [-0.39, 0.29) is 0 Å². The molecule has 1 saturated carbocycles. The molecule has 2 heteroatoms. The van der Waals surface area contributed by atoms with Crippen LogP contribution in [-0.2, 0) is 4.74 Å². The van der Waals surface area contributed by atoms with Gasteiger partial charge in [0, 0.05) is 6.42 Å². The second kappa shape index (κ2) is 3.70. The average molecular weight is 182 g/mol. The summed E-state index contributed by atoms with van der Waals surface area (Å²) >= 11 is 0. The van der Waals surface area contributed by atoms with Crippen molar-refractivity contribution in [3.8, 4) is 0 Å². The van der Waals surface area contributed by atoms with Crippen LogP contribution in [0.15, 0.2) is 11.8 Å². The Balaban J connectivity index is 2.07. The molecule has 0 aromatic heterocycles. The first-order valence-electron chi connectivity index (χ1n) is 5.37. The fraction of sp³-hybridized carbons (Fsp3) is 0.818. The second-order valence-electron chi connectivity index (χ2n) is 4.15. The highest BCUT2D eigenvalue weighted by Gasteiger charge is 2.34. The van der Waals surface area contributed by atoms with Gasteiger partial charge in [-0.25, -0.2) is 0 Å². The molecule has 74 valence electrons. The van der Waals surface area contributed by atoms with Crippen molar-refractivity contribution in [1.82, 2.24) is 0 Å². The van der Waals surface area contributed by atoms with Gasteiger partial charge in [-0.2, -0.15) is 0 Å². The molecule has 0 unspecified atom stereocenters. The summed E-state index contributed by atoms with van der Waals surface area (Å²) in [6, 6.07) is 0. The summed E-state index contributed by atoms with van der Waals surface area (Å²) in [5.74, 6) is 0.856. The Morgan fingerprint density at radius 3 is 2.38 bits per heavy atom. The van der Waals surface area contributed by atoms with Crippen molar-refractivity contribution in [3.05, 3.63) is 11.8 Å². The van der Waals surface area contributed by atoms with Crippen molar-refractivity contribution in [2.45, 2.75) is 50.5 Å². The first kappa shape index (κ1) is 9.07. The van der Waals surface area contributed by atoms with Crippen molar-refractivity contribution in [2.24, 2.45) is 0 Å². The first-order valence-corrected chi connectivity index (χ1v) is 5.37. The largest absolute Gasteiger partial charge is 0.495 e. The molecule has 0 aromatic carbocycles. The highest BCUT2D eigenvalue weighted by Crippen LogP contribution is 2.35. The highest BCUT2D eigenvalue weighted by molar-refractivity contribution is 5.13. The zero-order valence-corrected chi connectivity index (χ0v) is 8.09. The summed E-state index contributed by atoms with van der Waals surface area (Å²) in [5, 5.41) is 10.4. The maximum absolute atomic E-state index is 10.4. The lowest BCUT2D eigenvalue weighted by atomic mass is 9.92. The van der Waals surface area contributed by atoms with E-state index >= 15 is 0 Å². The average Bonchev–Trinajstić information content (AvgIpc) is 2.57. The molecule has 1 heterocycles. The van der Waals surface area contributed by atoms with Gasteiger partial charge < -0.3 is 9.84 Å². The van der Waals surface area contributed by atoms with Crippen LogP contribution in [0, 0.1) is 0 Å². The van der Waals surface area contributed by atoms with Crippen LogP contribution in [0.2, 0.25) is 0 Å². The van der Waals surface area contributed by atoms with Crippen LogP contribution in [-0.4, -0.2) is 17.3 Å². The van der Waals surface area contributed by atoms with Gasteiger partial charge in [-0.3, -0.25) is 0 Å². The number of aliphatic hydroxyl groups is 1. The molecule has 2 aliphatic rings. The van der Waals surface area contributed by atoms with E-state index in [4.69, 9.17) is 4.74 Å². The minimum absolute atomic E-state index is 0.618. The van der Waals surface area contributed by atoms with Gasteiger partial charge in [-0.15, -0.1) is 0 Å². The van der Waals surface area contributed by atoms with E-state index in [1.54, 1.807) is 0 Å². The maximum atomic E-state index is 10.4. The monoisotopic (exact) mass is 182 g/mol. The lowest BCUT2D eigenvalue weighted by molar-refractivity contribution is 0.00700. The van der Waals surface area contributed by atoms with E-state index in [1.807, 2.05) is 0 Å². The Bertz CT molecular complexity index is 200. The lowest BCUT2D eigenvalue weighted by Crippen LogP contribution is -2.30. The van der Waals surface area contributed by atoms with Crippen LogP contribution in [0.5, 0.6) is 0 Å². The number of hydrogen-bond acceptors (Lipinski definition) is 2. The van der Waals surface area contributed by atoms with Gasteiger partial charge in [-0.05, 0) is 18.9 Å². The number of ether oxygens (including phenoxy) is 1. The van der Waals surface area contributed by atoms with Crippen LogP contribution >= 0.6 is 0 Å². The van der Waals surface area contributed by atoms with Gasteiger partial charge in [-0.1, -0.05) is 25.7 Å². The summed E-state index contributed by atoms with van der Waals surface area (Å²) in [4.78, 5) is 0. The minimum atomic E-state index is -0.618. The molecule has 13 heavy (non-hydrogen) atoms. The Labute approximate surface area is 79.6 Å². The Morgan fingerprint density at radius 2 is 1.85 bits per heavy atom. The summed E-state index contributed by atoms with van der Waals surface area (Å²) in [6.07, 6.45) is 9.60. The predicted octanol–water partition coefficient (Wildman–Crippen LogP) is 2.38. The molecule has 0 atom stereocenters. The highest BCUT2D eigenvalue weighted by atomic mass is 16.5. The molecule has 1 fully saturated rings. The summed E-state index contributed by atoms with van der Waals surface area (Å²) in [6.45, 7) is 0.762. The Hall–Kier alpha value is -0.500. The topological polar surface area (TPSA) is 29.5 Å². The third kappa shape index (κ3) is 1.88. The molecule has 1 aliphatic heterocycles. The van der Waals surface area contributed by atoms with Gasteiger partial charge in [0.25, 0.3) is 0 Å². The van der Waals surface area contributed by atoms with E-state index in [0.29, 0.717) is 0 Å². The van der Waals surface area contributed by atoms with Gasteiger partial charge in [0.1, 0.15) is 11.4 Å². The van der Waals surface area contributed by atoms with Crippen molar-refractivity contribution in [1.29, 1.82) is 0 Å². The quantitative estimate of drug-likeness (QED) is 0.631. The van der Waals surface area contributed by atoms with Crippen molar-refractivity contribution < 1.29 is 9.84 Å². The standard InChI is InChI=1S/C11H18O2/c12-11(10-6-5-9-13-10)7-3-1-2-4-8-11/h6,12H,1-5,7-9H2. The summed E-state index contributed by atoms with van der Waals surface area (Å²) in [7, 11) is 0. The Morgan fingerprint density at radius 1 is 1.15 bits per heavy atom. The summed E-state index contributed by atoms with van der Waals surface area (Å²) in [5.41, 5.74) is -0.618. The SMILES string of the molecule is OC1(C2=CCCO2)CCCCCC1. The molecule has 0 spiro atoms. The minimum Gasteiger partial charge on any atom is -0.495 e. The predicted molar refractivity (Wildman–Crippen MR) is 51.3 cm³/mol. The molecule has 0 radical (unpaired) electrons. The van der Waals surface area contributed by atoms with Crippen molar-refractivity contribution in [2.75, 3.05) is 6.61 Å². The van der Waals surface area contributed by atoms with Gasteiger partial charge in [0.2, 0.25) is 0 Å². The molecule has 2 rings (SSSR count). The van der Waals surface area contributed by atoms with Crippen LogP contribution in [0.1, 0.15) is 44.9 Å². The van der Waals surface area contributed by atoms with Gasteiger partial charge in [0.05, 0.1) is 6.61 Å². The molecule has 0 bridgehead atoms. The fourth-order valence-electron chi connectivity index (χ4n) is 2.30. The third-order valence-electron chi connectivity index (χ3n) is 3.09. The van der Waals surface area contributed by atoms with E-state index in [2.05, 4.69) is 6.08 Å². The van der Waals surface area contributed by atoms with Crippen LogP contribution in [0.3, 0.4) is 0 Å². The summed E-state index contributed by atoms with van der Waals surface area (Å²) < 4.78 is 5.46.